The molecule has 9 aromatic rings. The monoisotopic (exact) mass is 1780 g/mol. The van der Waals surface area contributed by atoms with E-state index in [0.717, 1.165) is 179 Å². The van der Waals surface area contributed by atoms with Crippen molar-refractivity contribution in [2.45, 2.75) is 193 Å². The number of primary amides is 2. The molecule has 37 heteroatoms. The Morgan fingerprint density at radius 3 is 0.897 bits per heavy atom. The van der Waals surface area contributed by atoms with Crippen LogP contribution in [0.3, 0.4) is 0 Å². The highest BCUT2D eigenvalue weighted by Crippen LogP contribution is 2.40. The van der Waals surface area contributed by atoms with Crippen LogP contribution in [-0.4, -0.2) is 129 Å². The number of benzene rings is 6. The Morgan fingerprint density at radius 1 is 0.381 bits per heavy atom. The van der Waals surface area contributed by atoms with E-state index in [0.29, 0.717) is 29.5 Å². The lowest BCUT2D eigenvalue weighted by molar-refractivity contribution is -0.139. The molecule has 3 aromatic heterocycles. The fraction of sp³-hybridized carbons (Fsp3) is 0.404. The lowest BCUT2D eigenvalue weighted by Gasteiger charge is -2.30. The first-order chi connectivity index (χ1) is 58.1. The van der Waals surface area contributed by atoms with Crippen LogP contribution >= 0.6 is 0 Å². The third kappa shape index (κ3) is 29.9. The number of nitrogens with zero attached hydrogens (tertiary/aromatic N) is 8. The molecule has 12 rings (SSSR count). The van der Waals surface area contributed by atoms with E-state index in [1.807, 2.05) is 82.4 Å². The molecule has 2 radical (unpaired) electrons. The first kappa shape index (κ1) is 102. The minimum absolute atomic E-state index is 0. The number of piperidine rings is 3. The van der Waals surface area contributed by atoms with Gasteiger partial charge in [-0.15, -0.1) is 0 Å². The highest BCUT2D eigenvalue weighted by atomic mass is 19.4. The zero-order valence-electron chi connectivity index (χ0n) is 65.9. The number of carbonyl (C=O) groups is 5. The molecule has 3 aliphatic rings. The highest BCUT2D eigenvalue weighted by molar-refractivity contribution is 6.64. The van der Waals surface area contributed by atoms with Crippen molar-refractivity contribution in [3.63, 3.8) is 0 Å². The summed E-state index contributed by atoms with van der Waals surface area (Å²) < 4.78 is 242. The Labute approximate surface area is 719 Å². The summed E-state index contributed by atoms with van der Waals surface area (Å²) in [7, 11) is 3.08. The van der Waals surface area contributed by atoms with Crippen molar-refractivity contribution in [3.05, 3.63) is 281 Å². The Hall–Kier alpha value is -10.9. The minimum Gasteiger partial charge on any atom is -0.481 e. The van der Waals surface area contributed by atoms with Crippen LogP contribution in [0.25, 0.3) is 0 Å². The third-order valence-electron chi connectivity index (χ3n) is 21.6. The molecule has 3 saturated heterocycles. The zero-order chi connectivity index (χ0) is 89.2. The molecule has 126 heavy (non-hydrogen) atoms. The van der Waals surface area contributed by atoms with Gasteiger partial charge in [0.1, 0.15) is 17.5 Å². The van der Waals surface area contributed by atoms with Crippen LogP contribution in [0.2, 0.25) is 0 Å². The van der Waals surface area contributed by atoms with Gasteiger partial charge in [0.05, 0.1) is 82.1 Å². The summed E-state index contributed by atoms with van der Waals surface area (Å²) in [4.78, 5) is 83.8. The van der Waals surface area contributed by atoms with Crippen LogP contribution in [0.1, 0.15) is 213 Å². The lowest BCUT2D eigenvalue weighted by Crippen LogP contribution is -2.36. The van der Waals surface area contributed by atoms with Crippen LogP contribution in [0, 0.1) is 0 Å². The van der Waals surface area contributed by atoms with Crippen LogP contribution in [-0.2, 0) is 138 Å². The van der Waals surface area contributed by atoms with Gasteiger partial charge in [-0.2, -0.15) is 79.0 Å². The number of nitrogens with one attached hydrogen (secondary N) is 1. The van der Waals surface area contributed by atoms with Crippen molar-refractivity contribution in [3.8, 4) is 0 Å². The molecule has 6 heterocycles. The van der Waals surface area contributed by atoms with Gasteiger partial charge in [-0.25, -0.2) is 29.9 Å². The second-order valence-corrected chi connectivity index (χ2v) is 30.2. The highest BCUT2D eigenvalue weighted by Gasteiger charge is 2.40. The predicted molar refractivity (Wildman–Crippen MR) is 440 cm³/mol. The molecule has 0 aliphatic carbocycles. The summed E-state index contributed by atoms with van der Waals surface area (Å²) in [5, 5.41) is 12.5. The van der Waals surface area contributed by atoms with Gasteiger partial charge >= 0.3 is 43.0 Å². The fourth-order valence-corrected chi connectivity index (χ4v) is 15.2. The summed E-state index contributed by atoms with van der Waals surface area (Å²) in [6.07, 6.45) is -20.8. The number of nitrogens with two attached hydrogens (primary N) is 2. The molecule has 674 valence electrons. The number of amides is 2. The first-order valence-electron chi connectivity index (χ1n) is 39.2. The number of halogens is 18. The van der Waals surface area contributed by atoms with Gasteiger partial charge in [-0.3, -0.25) is 14.4 Å². The molecule has 0 unspecified atom stereocenters. The molecule has 17 nitrogen and oxygen atoms in total. The maximum Gasteiger partial charge on any atom is 0.419 e. The number of carboxylic acids is 1. The molecular weight excluding hydrogens is 1680 g/mol. The van der Waals surface area contributed by atoms with E-state index in [-0.39, 0.29) is 142 Å². The van der Waals surface area contributed by atoms with Crippen molar-refractivity contribution in [1.82, 2.24) is 44.8 Å². The number of rotatable bonds is 28. The van der Waals surface area contributed by atoms with Gasteiger partial charge in [0.25, 0.3) is 14.8 Å². The van der Waals surface area contributed by atoms with Gasteiger partial charge < -0.3 is 41.1 Å². The van der Waals surface area contributed by atoms with Gasteiger partial charge in [0.2, 0.25) is 11.8 Å². The smallest absolute Gasteiger partial charge is 0.419 e. The maximum absolute atomic E-state index is 13.8. The molecule has 3 aliphatic heterocycles. The number of hydrogen-bond donors (Lipinski definition) is 4. The second-order valence-electron chi connectivity index (χ2n) is 30.2. The van der Waals surface area contributed by atoms with Crippen LogP contribution in [0.5, 0.6) is 0 Å². The largest absolute Gasteiger partial charge is 0.481 e. The lowest BCUT2D eigenvalue weighted by atomic mass is 9.84. The Kier molecular flexibility index (Phi) is 36.5. The molecule has 0 spiro atoms. The predicted octanol–water partition coefficient (Wildman–Crippen LogP) is 17.7. The number of aliphatic carboxylic acids is 1. The normalized spacial score (nSPS) is 14.6. The standard InChI is InChI=1S/C29H28BF6N4O2.C29H27BF6N3O3.C28H28F6N4O.3CH4/c31-28(32,33)23-7-5-20(22(14-23)15-26(37)42)6-8-25-24(29(34,35)36)16-38-27(39-25)13-18-1-3-19(4-2-18)21-9-11-40(12-10-21)30-17-41;31-28(32,33)23-7-5-20(22(14-23)15-27(41)42)6-8-25-24(29(34,35)36)16-37-26(38-25)13-18-1-3-19(4-2-18)21-9-11-39(12-10-21)30-17-40;29-27(30,31)22-7-5-19(21(14-22)15-25(35)39)6-8-24-23(28(32,33)34)16-37-26(38-24)13-17-1-3-18(4-2-17)20-9-11-36-12-10-20;;;/h1-5,7,14,16-17,21H,6,8-13,15H2,(H2,37,42);1-5,7,14,16-17,21H,6,8-13,15H2,(H,41,42);1-5,7,14,16,20,36H,6,8-13,15H2,(H2,35,39);3*1H4. The number of alkyl halides is 18. The summed E-state index contributed by atoms with van der Waals surface area (Å²) in [6.45, 7) is 5.04. The number of aromatic nitrogens is 6. The number of carboxylic acid groups (broad SMARTS) is 1. The van der Waals surface area contributed by atoms with Crippen LogP contribution in [0.15, 0.2) is 146 Å². The van der Waals surface area contributed by atoms with Crippen molar-refractivity contribution in [2.24, 2.45) is 11.5 Å². The summed E-state index contributed by atoms with van der Waals surface area (Å²) in [5.74, 6) is -1.38. The van der Waals surface area contributed by atoms with E-state index in [1.54, 1.807) is 7.41 Å². The first-order valence-corrected chi connectivity index (χ1v) is 39.2. The van der Waals surface area contributed by atoms with Gasteiger partial charge in [0, 0.05) is 37.9 Å². The van der Waals surface area contributed by atoms with Crippen LogP contribution < -0.4 is 16.8 Å². The van der Waals surface area contributed by atoms with E-state index in [4.69, 9.17) is 16.6 Å². The SMILES string of the molecule is C.C.C.NC(=O)Cc1cc(C(F)(F)F)ccc1CCc1nc(Cc2ccc(C3CCN([B]C=O)CC3)cc2)ncc1C(F)(F)F.NC(=O)Cc1cc(C(F)(F)F)ccc1CCc1nc(Cc2ccc(C3CCNCC3)cc2)ncc1C(F)(F)F.O=C[B]N1CCC(c2ccc(Cc3ncc(C(F)(F)F)c(CCc4ccc(C(F)(F)F)cc4CC(=O)O)n3)cc2)CC1. The molecule has 3 fully saturated rings. The van der Waals surface area contributed by atoms with E-state index in [1.165, 1.54) is 19.0 Å². The number of aryl methyl sites for hydroxylation is 6. The Bertz CT molecular complexity index is 4900. The van der Waals surface area contributed by atoms with Gasteiger partial charge in [-0.05, 0) is 237 Å². The van der Waals surface area contributed by atoms with Gasteiger partial charge in [0.15, 0.2) is 0 Å². The molecule has 6 N–H and O–H groups in total. The quantitative estimate of drug-likeness (QED) is 0.0202. The van der Waals surface area contributed by atoms with E-state index in [9.17, 15) is 103 Å². The summed E-state index contributed by atoms with van der Waals surface area (Å²) in [5.41, 5.74) is 10.1. The Morgan fingerprint density at radius 2 is 0.651 bits per heavy atom. The number of carbonyl (C=O) groups excluding carboxylic acids is 4. The zero-order valence-corrected chi connectivity index (χ0v) is 65.9. The maximum atomic E-state index is 13.8. The molecule has 2 amide bonds. The summed E-state index contributed by atoms with van der Waals surface area (Å²) in [6, 6.07) is 31.5. The van der Waals surface area contributed by atoms with Crippen molar-refractivity contribution in [2.75, 3.05) is 39.3 Å². The van der Waals surface area contributed by atoms with Crippen molar-refractivity contribution < 1.29 is 108 Å². The third-order valence-corrected chi connectivity index (χ3v) is 21.6. The average molecular weight is 1780 g/mol. The Balaban J connectivity index is 0.000000256. The fourth-order valence-electron chi connectivity index (χ4n) is 15.2. The van der Waals surface area contributed by atoms with E-state index < -0.39 is 107 Å². The molecule has 0 saturated carbocycles. The second kappa shape index (κ2) is 45.0. The molecular formula is C89H95B2F18N11O6. The number of hydrogen-bond acceptors (Lipinski definition) is 14. The molecule has 0 bridgehead atoms. The molecule has 0 atom stereocenters. The summed E-state index contributed by atoms with van der Waals surface area (Å²) >= 11 is 0. The van der Waals surface area contributed by atoms with E-state index in [2.05, 4.69) is 35.2 Å². The van der Waals surface area contributed by atoms with Crippen molar-refractivity contribution >= 4 is 45.0 Å². The van der Waals surface area contributed by atoms with Gasteiger partial charge in [-0.1, -0.05) is 113 Å². The van der Waals surface area contributed by atoms with Crippen LogP contribution in [0.4, 0.5) is 79.0 Å². The topological polar surface area (TPSA) is 253 Å². The average Bonchev–Trinajstić information content (AvgIpc) is 0.806. The molecule has 6 aromatic carbocycles. The minimum atomic E-state index is -4.75. The van der Waals surface area contributed by atoms with E-state index >= 15 is 0 Å². The van der Waals surface area contributed by atoms with Crippen molar-refractivity contribution in [1.29, 1.82) is 0 Å².